The molecule has 8 heteroatoms. The number of thioether (sulfide) groups is 1. The summed E-state index contributed by atoms with van der Waals surface area (Å²) in [5, 5.41) is 11.3. The first-order valence-electron chi connectivity index (χ1n) is 8.47. The van der Waals surface area contributed by atoms with Crippen LogP contribution in [-0.2, 0) is 11.2 Å². The van der Waals surface area contributed by atoms with Gasteiger partial charge in [-0.1, -0.05) is 60.6 Å². The molecule has 0 saturated heterocycles. The lowest BCUT2D eigenvalue weighted by Crippen LogP contribution is -2.22. The molecule has 6 nitrogen and oxygen atoms in total. The van der Waals surface area contributed by atoms with E-state index in [1.165, 1.54) is 23.5 Å². The molecule has 27 heavy (non-hydrogen) atoms. The zero-order valence-corrected chi connectivity index (χ0v) is 16.5. The molecule has 0 aliphatic heterocycles. The lowest BCUT2D eigenvalue weighted by molar-refractivity contribution is -0.115. The molecule has 0 aliphatic carbocycles. The molecule has 3 aromatic rings. The molecule has 2 aromatic heterocycles. The maximum atomic E-state index is 12.3. The third-order valence-corrected chi connectivity index (χ3v) is 5.08. The first-order valence-corrected chi connectivity index (χ1v) is 9.73. The number of nitrogens with one attached hydrogen (secondary N) is 1. The van der Waals surface area contributed by atoms with Crippen molar-refractivity contribution in [3.8, 4) is 0 Å². The van der Waals surface area contributed by atoms with E-state index < -0.39 is 5.25 Å². The molecule has 0 saturated carbocycles. The lowest BCUT2D eigenvalue weighted by Gasteiger charge is -2.09. The average molecular weight is 403 g/mol. The van der Waals surface area contributed by atoms with Crippen molar-refractivity contribution in [2.24, 2.45) is 0 Å². The molecular weight excluding hydrogens is 384 g/mol. The molecule has 0 aliphatic rings. The third kappa shape index (κ3) is 5.55. The van der Waals surface area contributed by atoms with Crippen LogP contribution in [0.25, 0.3) is 0 Å². The molecule has 140 valence electrons. The predicted octanol–water partition coefficient (Wildman–Crippen LogP) is 4.58. The minimum absolute atomic E-state index is 0.202. The van der Waals surface area contributed by atoms with Crippen molar-refractivity contribution in [1.29, 1.82) is 0 Å². The highest BCUT2D eigenvalue weighted by atomic mass is 35.5. The second kappa shape index (κ2) is 9.01. The fourth-order valence-corrected chi connectivity index (χ4v) is 3.22. The number of halogens is 1. The molecule has 0 bridgehead atoms. The number of hydrogen-bond donors (Lipinski definition) is 1. The van der Waals surface area contributed by atoms with Crippen molar-refractivity contribution in [1.82, 2.24) is 15.2 Å². The van der Waals surface area contributed by atoms with E-state index in [1.807, 2.05) is 18.2 Å². The van der Waals surface area contributed by atoms with Crippen LogP contribution >= 0.6 is 23.4 Å². The number of carbonyl (C=O) groups is 1. The van der Waals surface area contributed by atoms with Crippen LogP contribution < -0.4 is 5.32 Å². The van der Waals surface area contributed by atoms with Gasteiger partial charge in [-0.15, -0.1) is 10.2 Å². The molecule has 0 fully saturated rings. The Morgan fingerprint density at radius 2 is 1.96 bits per heavy atom. The SMILES string of the molecule is CC(Sc1nnc(CC(C)c2ccccc2)o1)C(=O)Nc1ccc(Cl)cn1. The van der Waals surface area contributed by atoms with E-state index in [0.29, 0.717) is 28.4 Å². The van der Waals surface area contributed by atoms with E-state index >= 15 is 0 Å². The Bertz CT molecular complexity index is 886. The van der Waals surface area contributed by atoms with Crippen LogP contribution in [-0.4, -0.2) is 26.3 Å². The van der Waals surface area contributed by atoms with Gasteiger partial charge < -0.3 is 9.73 Å². The Balaban J connectivity index is 1.55. The zero-order chi connectivity index (χ0) is 19.2. The second-order valence-corrected chi connectivity index (χ2v) is 7.82. The Morgan fingerprint density at radius 3 is 2.67 bits per heavy atom. The summed E-state index contributed by atoms with van der Waals surface area (Å²) in [7, 11) is 0. The highest BCUT2D eigenvalue weighted by Gasteiger charge is 2.19. The first kappa shape index (κ1) is 19.4. The zero-order valence-electron chi connectivity index (χ0n) is 14.9. The minimum Gasteiger partial charge on any atom is -0.416 e. The Hall–Kier alpha value is -2.38. The summed E-state index contributed by atoms with van der Waals surface area (Å²) < 4.78 is 5.69. The van der Waals surface area contributed by atoms with Crippen molar-refractivity contribution in [3.05, 3.63) is 65.1 Å². The number of carbonyl (C=O) groups excluding carboxylic acids is 1. The smallest absolute Gasteiger partial charge is 0.277 e. The van der Waals surface area contributed by atoms with Gasteiger partial charge in [-0.3, -0.25) is 4.79 Å². The van der Waals surface area contributed by atoms with Gasteiger partial charge in [0.05, 0.1) is 10.3 Å². The Morgan fingerprint density at radius 1 is 1.19 bits per heavy atom. The summed E-state index contributed by atoms with van der Waals surface area (Å²) in [4.78, 5) is 16.3. The first-order chi connectivity index (χ1) is 13.0. The van der Waals surface area contributed by atoms with Crippen molar-refractivity contribution >= 4 is 35.1 Å². The fourth-order valence-electron chi connectivity index (χ4n) is 2.41. The van der Waals surface area contributed by atoms with E-state index in [4.69, 9.17) is 16.0 Å². The van der Waals surface area contributed by atoms with Crippen molar-refractivity contribution in [2.45, 2.75) is 36.7 Å². The van der Waals surface area contributed by atoms with E-state index in [2.05, 4.69) is 39.6 Å². The van der Waals surface area contributed by atoms with Crippen LogP contribution in [0.5, 0.6) is 0 Å². The molecule has 0 spiro atoms. The van der Waals surface area contributed by atoms with Crippen LogP contribution in [0, 0.1) is 0 Å². The number of hydrogen-bond acceptors (Lipinski definition) is 6. The van der Waals surface area contributed by atoms with Gasteiger partial charge in [-0.2, -0.15) is 0 Å². The van der Waals surface area contributed by atoms with Gasteiger partial charge in [0.25, 0.3) is 5.22 Å². The molecule has 3 rings (SSSR count). The van der Waals surface area contributed by atoms with Crippen LogP contribution in [0.1, 0.15) is 31.2 Å². The van der Waals surface area contributed by atoms with Gasteiger partial charge in [0.2, 0.25) is 11.8 Å². The fraction of sp³-hybridized carbons (Fsp3) is 0.263. The quantitative estimate of drug-likeness (QED) is 0.582. The molecule has 2 unspecified atom stereocenters. The molecule has 1 N–H and O–H groups in total. The molecule has 1 aromatic carbocycles. The summed E-state index contributed by atoms with van der Waals surface area (Å²) in [5.41, 5.74) is 1.22. The van der Waals surface area contributed by atoms with Crippen LogP contribution in [0.3, 0.4) is 0 Å². The van der Waals surface area contributed by atoms with Crippen molar-refractivity contribution < 1.29 is 9.21 Å². The summed E-state index contributed by atoms with van der Waals surface area (Å²) in [6, 6.07) is 13.5. The summed E-state index contributed by atoms with van der Waals surface area (Å²) in [6.45, 7) is 3.88. The van der Waals surface area contributed by atoms with Crippen molar-refractivity contribution in [2.75, 3.05) is 5.32 Å². The van der Waals surface area contributed by atoms with Gasteiger partial charge in [-0.05, 0) is 30.5 Å². The van der Waals surface area contributed by atoms with E-state index in [9.17, 15) is 4.79 Å². The number of rotatable bonds is 7. The monoisotopic (exact) mass is 402 g/mol. The van der Waals surface area contributed by atoms with Gasteiger partial charge in [0, 0.05) is 12.6 Å². The predicted molar refractivity (Wildman–Crippen MR) is 106 cm³/mol. The summed E-state index contributed by atoms with van der Waals surface area (Å²) in [5.74, 6) is 1.06. The summed E-state index contributed by atoms with van der Waals surface area (Å²) in [6.07, 6.45) is 2.13. The lowest BCUT2D eigenvalue weighted by atomic mass is 9.98. The third-order valence-electron chi connectivity index (χ3n) is 3.92. The van der Waals surface area contributed by atoms with Gasteiger partial charge in [0.1, 0.15) is 5.82 Å². The maximum Gasteiger partial charge on any atom is 0.277 e. The molecule has 2 heterocycles. The van der Waals surface area contributed by atoms with E-state index in [0.717, 1.165) is 0 Å². The molecular formula is C19H19ClN4O2S. The van der Waals surface area contributed by atoms with E-state index in [1.54, 1.807) is 19.1 Å². The van der Waals surface area contributed by atoms with Gasteiger partial charge >= 0.3 is 0 Å². The largest absolute Gasteiger partial charge is 0.416 e. The number of benzene rings is 1. The number of nitrogens with zero attached hydrogens (tertiary/aromatic N) is 3. The van der Waals surface area contributed by atoms with Crippen LogP contribution in [0.2, 0.25) is 5.02 Å². The number of pyridine rings is 1. The molecule has 2 atom stereocenters. The van der Waals surface area contributed by atoms with E-state index in [-0.39, 0.29) is 11.8 Å². The number of amides is 1. The Labute approximate surface area is 166 Å². The van der Waals surface area contributed by atoms with Gasteiger partial charge in [0.15, 0.2) is 0 Å². The standard InChI is InChI=1S/C19H19ClN4O2S/c1-12(14-6-4-3-5-7-14)10-17-23-24-19(26-17)27-13(2)18(25)22-16-9-8-15(20)11-21-16/h3-9,11-13H,10H2,1-2H3,(H,21,22,25). The van der Waals surface area contributed by atoms with Gasteiger partial charge in [-0.25, -0.2) is 4.98 Å². The molecule has 0 radical (unpaired) electrons. The summed E-state index contributed by atoms with van der Waals surface area (Å²) >= 11 is 7.00. The second-order valence-electron chi connectivity index (χ2n) is 6.09. The normalized spacial score (nSPS) is 13.1. The van der Waals surface area contributed by atoms with Crippen molar-refractivity contribution in [3.63, 3.8) is 0 Å². The highest BCUT2D eigenvalue weighted by molar-refractivity contribution is 8.00. The Kier molecular flexibility index (Phi) is 6.47. The average Bonchev–Trinajstić information content (AvgIpc) is 3.11. The van der Waals surface area contributed by atoms with Crippen LogP contribution in [0.15, 0.2) is 58.3 Å². The maximum absolute atomic E-state index is 12.3. The number of aromatic nitrogens is 3. The minimum atomic E-state index is -0.415. The topological polar surface area (TPSA) is 80.9 Å². The molecule has 1 amide bonds. The number of anilines is 1. The highest BCUT2D eigenvalue weighted by Crippen LogP contribution is 2.25. The van der Waals surface area contributed by atoms with Crippen LogP contribution in [0.4, 0.5) is 5.82 Å².